The highest BCUT2D eigenvalue weighted by Gasteiger charge is 2.42. The van der Waals surface area contributed by atoms with Gasteiger partial charge in [-0.1, -0.05) is 63.2 Å². The van der Waals surface area contributed by atoms with Crippen LogP contribution in [0.3, 0.4) is 0 Å². The fraction of sp³-hybridized carbons (Fsp3) is 0.500. The van der Waals surface area contributed by atoms with Gasteiger partial charge in [0.2, 0.25) is 0 Å². The molecule has 2 aliphatic rings. The Balaban J connectivity index is 1.25. The summed E-state index contributed by atoms with van der Waals surface area (Å²) in [7, 11) is 0. The molecule has 0 bridgehead atoms. The highest BCUT2D eigenvalue weighted by Crippen LogP contribution is 2.50. The summed E-state index contributed by atoms with van der Waals surface area (Å²) < 4.78 is 5.49. The van der Waals surface area contributed by atoms with E-state index in [0.717, 1.165) is 49.5 Å². The van der Waals surface area contributed by atoms with E-state index in [9.17, 15) is 0 Å². The Morgan fingerprint density at radius 2 is 1.68 bits per heavy atom. The van der Waals surface area contributed by atoms with Crippen LogP contribution in [0.5, 0.6) is 0 Å². The van der Waals surface area contributed by atoms with Crippen LogP contribution in [-0.2, 0) is 10.8 Å². The fourth-order valence-corrected chi connectivity index (χ4v) is 6.11. The molecule has 0 radical (unpaired) electrons. The number of aromatic nitrogens is 1. The Bertz CT molecular complexity index is 1090. The van der Waals surface area contributed by atoms with Crippen LogP contribution in [0, 0.1) is 0 Å². The highest BCUT2D eigenvalue weighted by molar-refractivity contribution is 6.21. The summed E-state index contributed by atoms with van der Waals surface area (Å²) in [6.07, 6.45) is 1.18. The molecular formula is C26H32ClN3O. The molecule has 1 atom stereocenters. The van der Waals surface area contributed by atoms with E-state index in [1.165, 1.54) is 23.1 Å². The van der Waals surface area contributed by atoms with Crippen molar-refractivity contribution >= 4 is 28.4 Å². The standard InChI is InChI=1S/C26H32ClN3O/c1-25(2)17-26(3,4)21-15-18(9-10-20(21)25)22(27)16-29-11-13-30(14-12-29)24-19-7-5-6-8-23(19)31-28-24/h5-10,15,22H,11-14,16-17H2,1-4H3. The predicted molar refractivity (Wildman–Crippen MR) is 128 cm³/mol. The predicted octanol–water partition coefficient (Wildman–Crippen LogP) is 5.89. The van der Waals surface area contributed by atoms with Gasteiger partial charge >= 0.3 is 0 Å². The molecule has 2 aromatic carbocycles. The van der Waals surface area contributed by atoms with Gasteiger partial charge in [0, 0.05) is 32.7 Å². The molecule has 0 N–H and O–H groups in total. The number of piperazine rings is 1. The number of fused-ring (bicyclic) bond motifs is 2. The Labute approximate surface area is 190 Å². The topological polar surface area (TPSA) is 32.5 Å². The molecule has 1 aromatic heterocycles. The molecule has 1 aliphatic heterocycles. The quantitative estimate of drug-likeness (QED) is 0.476. The van der Waals surface area contributed by atoms with Crippen LogP contribution in [0.4, 0.5) is 5.82 Å². The van der Waals surface area contributed by atoms with Gasteiger partial charge < -0.3 is 9.42 Å². The van der Waals surface area contributed by atoms with Crippen LogP contribution in [0.2, 0.25) is 0 Å². The van der Waals surface area contributed by atoms with E-state index in [2.05, 4.69) is 66.9 Å². The first-order valence-corrected chi connectivity index (χ1v) is 11.8. The first-order chi connectivity index (χ1) is 14.7. The molecule has 0 saturated carbocycles. The van der Waals surface area contributed by atoms with E-state index in [1.54, 1.807) is 0 Å². The largest absolute Gasteiger partial charge is 0.354 e. The fourth-order valence-electron chi connectivity index (χ4n) is 5.78. The van der Waals surface area contributed by atoms with Gasteiger partial charge in [-0.2, -0.15) is 0 Å². The summed E-state index contributed by atoms with van der Waals surface area (Å²) in [5, 5.41) is 5.41. The Morgan fingerprint density at radius 3 is 2.45 bits per heavy atom. The number of nitrogens with zero attached hydrogens (tertiary/aromatic N) is 3. The molecule has 1 saturated heterocycles. The number of hydrogen-bond acceptors (Lipinski definition) is 4. The zero-order valence-electron chi connectivity index (χ0n) is 19.0. The third-order valence-corrected chi connectivity index (χ3v) is 7.59. The molecule has 164 valence electrons. The molecule has 0 amide bonds. The normalized spacial score (nSPS) is 21.4. The summed E-state index contributed by atoms with van der Waals surface area (Å²) in [5.41, 5.74) is 5.50. The van der Waals surface area contributed by atoms with Gasteiger partial charge in [0.25, 0.3) is 0 Å². The van der Waals surface area contributed by atoms with Crippen LogP contribution in [0.15, 0.2) is 47.0 Å². The minimum Gasteiger partial charge on any atom is -0.354 e. The number of para-hydroxylation sites is 1. The maximum Gasteiger partial charge on any atom is 0.180 e. The van der Waals surface area contributed by atoms with Crippen molar-refractivity contribution in [1.29, 1.82) is 0 Å². The van der Waals surface area contributed by atoms with Crippen molar-refractivity contribution in [3.05, 3.63) is 59.2 Å². The zero-order chi connectivity index (χ0) is 21.8. The van der Waals surface area contributed by atoms with Crippen molar-refractivity contribution in [2.75, 3.05) is 37.6 Å². The lowest BCUT2D eigenvalue weighted by molar-refractivity contribution is 0.256. The minimum atomic E-state index is 0.00393. The van der Waals surface area contributed by atoms with Crippen LogP contribution in [-0.4, -0.2) is 42.8 Å². The Morgan fingerprint density at radius 1 is 0.968 bits per heavy atom. The lowest BCUT2D eigenvalue weighted by Crippen LogP contribution is -2.47. The van der Waals surface area contributed by atoms with Crippen molar-refractivity contribution in [2.45, 2.75) is 50.3 Å². The first-order valence-electron chi connectivity index (χ1n) is 11.4. The summed E-state index contributed by atoms with van der Waals surface area (Å²) >= 11 is 6.94. The summed E-state index contributed by atoms with van der Waals surface area (Å²) in [4.78, 5) is 4.80. The molecule has 5 rings (SSSR count). The van der Waals surface area contributed by atoms with Gasteiger partial charge in [-0.25, -0.2) is 0 Å². The average molecular weight is 438 g/mol. The second-order valence-corrected chi connectivity index (χ2v) is 11.0. The number of halogens is 1. The van der Waals surface area contributed by atoms with Crippen molar-refractivity contribution in [1.82, 2.24) is 10.1 Å². The van der Waals surface area contributed by atoms with E-state index in [0.29, 0.717) is 0 Å². The third-order valence-electron chi connectivity index (χ3n) is 7.20. The average Bonchev–Trinajstić information content (AvgIpc) is 3.24. The molecular weight excluding hydrogens is 406 g/mol. The van der Waals surface area contributed by atoms with Crippen molar-refractivity contribution < 1.29 is 4.52 Å². The van der Waals surface area contributed by atoms with Crippen LogP contribution < -0.4 is 4.90 Å². The number of hydrogen-bond donors (Lipinski definition) is 0. The smallest absolute Gasteiger partial charge is 0.180 e. The second kappa shape index (κ2) is 7.53. The SMILES string of the molecule is CC1(C)CC(C)(C)c2cc(C(Cl)CN3CCN(c4noc5ccccc45)CC3)ccc21. The molecule has 1 unspecified atom stereocenters. The second-order valence-electron chi connectivity index (χ2n) is 10.5. The van der Waals surface area contributed by atoms with Gasteiger partial charge in [-0.05, 0) is 46.1 Å². The molecule has 5 heteroatoms. The maximum absolute atomic E-state index is 6.94. The van der Waals surface area contributed by atoms with Gasteiger partial charge in [-0.3, -0.25) is 4.90 Å². The zero-order valence-corrected chi connectivity index (χ0v) is 19.7. The molecule has 1 fully saturated rings. The lowest BCUT2D eigenvalue weighted by atomic mass is 9.82. The van der Waals surface area contributed by atoms with Crippen LogP contribution >= 0.6 is 11.6 Å². The van der Waals surface area contributed by atoms with E-state index < -0.39 is 0 Å². The Kier molecular flexibility index (Phi) is 5.06. The summed E-state index contributed by atoms with van der Waals surface area (Å²) in [6, 6.07) is 15.0. The number of rotatable bonds is 4. The third kappa shape index (κ3) is 3.74. The van der Waals surface area contributed by atoms with Gasteiger partial charge in [-0.15, -0.1) is 11.6 Å². The first kappa shape index (κ1) is 20.8. The highest BCUT2D eigenvalue weighted by atomic mass is 35.5. The van der Waals surface area contributed by atoms with E-state index in [-0.39, 0.29) is 16.2 Å². The number of alkyl halides is 1. The van der Waals surface area contributed by atoms with E-state index in [1.807, 2.05) is 18.2 Å². The molecule has 4 nitrogen and oxygen atoms in total. The minimum absolute atomic E-state index is 0.00393. The monoisotopic (exact) mass is 437 g/mol. The van der Waals surface area contributed by atoms with Gasteiger partial charge in [0.15, 0.2) is 11.4 Å². The molecule has 2 heterocycles. The van der Waals surface area contributed by atoms with Crippen molar-refractivity contribution in [3.63, 3.8) is 0 Å². The van der Waals surface area contributed by atoms with E-state index >= 15 is 0 Å². The van der Waals surface area contributed by atoms with Gasteiger partial charge in [0.05, 0.1) is 10.8 Å². The molecule has 3 aromatic rings. The summed E-state index contributed by atoms with van der Waals surface area (Å²) in [5.74, 6) is 0.959. The van der Waals surface area contributed by atoms with E-state index in [4.69, 9.17) is 16.1 Å². The van der Waals surface area contributed by atoms with Crippen molar-refractivity contribution in [2.24, 2.45) is 0 Å². The maximum atomic E-state index is 6.94. The number of benzene rings is 2. The van der Waals surface area contributed by atoms with Gasteiger partial charge in [0.1, 0.15) is 0 Å². The number of anilines is 1. The summed E-state index contributed by atoms with van der Waals surface area (Å²) in [6.45, 7) is 14.1. The lowest BCUT2D eigenvalue weighted by Gasteiger charge is -2.35. The van der Waals surface area contributed by atoms with Crippen LogP contribution in [0.25, 0.3) is 11.0 Å². The van der Waals surface area contributed by atoms with Crippen LogP contribution in [0.1, 0.15) is 56.2 Å². The molecule has 31 heavy (non-hydrogen) atoms. The molecule has 1 aliphatic carbocycles. The van der Waals surface area contributed by atoms with Crippen molar-refractivity contribution in [3.8, 4) is 0 Å². The Hall–Kier alpha value is -2.04. The molecule has 0 spiro atoms.